The maximum absolute atomic E-state index is 13.3. The van der Waals surface area contributed by atoms with Crippen LogP contribution >= 0.6 is 0 Å². The second-order valence-electron chi connectivity index (χ2n) is 8.05. The maximum atomic E-state index is 13.3. The first-order chi connectivity index (χ1) is 15.3. The molecule has 166 valence electrons. The fraction of sp³-hybridized carbons (Fsp3) is 0.240. The average molecular weight is 454 g/mol. The van der Waals surface area contributed by atoms with E-state index in [4.69, 9.17) is 0 Å². The second-order valence-corrected chi connectivity index (χ2v) is 9.92. The van der Waals surface area contributed by atoms with E-state index >= 15 is 0 Å². The van der Waals surface area contributed by atoms with Gasteiger partial charge in [-0.1, -0.05) is 31.2 Å². The Kier molecular flexibility index (Phi) is 6.02. The van der Waals surface area contributed by atoms with Gasteiger partial charge in [-0.25, -0.2) is 12.8 Å². The first-order valence-electron chi connectivity index (χ1n) is 10.5. The molecule has 4 rings (SSSR count). The van der Waals surface area contributed by atoms with Crippen LogP contribution in [0.25, 0.3) is 0 Å². The fourth-order valence-corrected chi connectivity index (χ4v) is 5.52. The number of hydrogen-bond donors (Lipinski definition) is 1. The lowest BCUT2D eigenvalue weighted by molar-refractivity contribution is -0.119. The maximum Gasteiger partial charge on any atom is 0.264 e. The summed E-state index contributed by atoms with van der Waals surface area (Å²) < 4.78 is 41.1. The molecule has 1 heterocycles. The summed E-state index contributed by atoms with van der Waals surface area (Å²) in [5.74, 6) is -0.706. The number of carbonyl (C=O) groups is 1. The third-order valence-corrected chi connectivity index (χ3v) is 7.71. The minimum Gasteiger partial charge on any atom is -0.508 e. The largest absolute Gasteiger partial charge is 0.508 e. The highest BCUT2D eigenvalue weighted by Gasteiger charge is 2.29. The number of benzene rings is 3. The van der Waals surface area contributed by atoms with Crippen molar-refractivity contribution in [3.05, 3.63) is 89.2 Å². The normalized spacial score (nSPS) is 14.6. The predicted octanol–water partition coefficient (Wildman–Crippen LogP) is 4.59. The molecule has 1 atom stereocenters. The summed E-state index contributed by atoms with van der Waals surface area (Å²) in [5, 5.41) is 9.45. The Morgan fingerprint density at radius 3 is 2.44 bits per heavy atom. The standard InChI is InChI=1S/C25H24FNO4S/c1-17(19-6-10-22(28)11-7-19)25(29)16-18-4-5-20-3-2-14-27(24(20)15-18)32(30,31)23-12-8-21(26)9-13-23/h4-13,15,17,28H,2-3,14,16H2,1H3. The quantitative estimate of drug-likeness (QED) is 0.593. The molecule has 32 heavy (non-hydrogen) atoms. The van der Waals surface area contributed by atoms with Crippen LogP contribution in [0, 0.1) is 5.82 Å². The number of anilines is 1. The van der Waals surface area contributed by atoms with Gasteiger partial charge >= 0.3 is 0 Å². The number of Topliss-reactive ketones (excluding diaryl/α,β-unsaturated/α-hetero) is 1. The molecule has 0 fully saturated rings. The van der Waals surface area contributed by atoms with Crippen molar-refractivity contribution in [2.24, 2.45) is 0 Å². The van der Waals surface area contributed by atoms with Crippen LogP contribution < -0.4 is 4.31 Å². The van der Waals surface area contributed by atoms with Crippen molar-refractivity contribution < 1.29 is 22.7 Å². The highest BCUT2D eigenvalue weighted by atomic mass is 32.2. The van der Waals surface area contributed by atoms with Crippen molar-refractivity contribution in [2.45, 2.75) is 37.0 Å². The molecule has 0 bridgehead atoms. The lowest BCUT2D eigenvalue weighted by atomic mass is 9.91. The molecular weight excluding hydrogens is 429 g/mol. The van der Waals surface area contributed by atoms with E-state index in [0.29, 0.717) is 18.7 Å². The van der Waals surface area contributed by atoms with Crippen LogP contribution in [0.4, 0.5) is 10.1 Å². The van der Waals surface area contributed by atoms with Crippen LogP contribution in [0.15, 0.2) is 71.6 Å². The predicted molar refractivity (Wildman–Crippen MR) is 121 cm³/mol. The lowest BCUT2D eigenvalue weighted by Crippen LogP contribution is -2.35. The topological polar surface area (TPSA) is 74.7 Å². The summed E-state index contributed by atoms with van der Waals surface area (Å²) in [6.45, 7) is 2.15. The SMILES string of the molecule is CC(C(=O)Cc1ccc2c(c1)N(S(=O)(=O)c1ccc(F)cc1)CCC2)c1ccc(O)cc1. The highest BCUT2D eigenvalue weighted by Crippen LogP contribution is 2.33. The number of sulfonamides is 1. The number of rotatable bonds is 6. The molecule has 0 aromatic heterocycles. The molecule has 0 saturated carbocycles. The van der Waals surface area contributed by atoms with Crippen molar-refractivity contribution in [2.75, 3.05) is 10.8 Å². The Morgan fingerprint density at radius 1 is 1.06 bits per heavy atom. The van der Waals surface area contributed by atoms with Gasteiger partial charge in [-0.3, -0.25) is 9.10 Å². The number of fused-ring (bicyclic) bond motifs is 1. The van der Waals surface area contributed by atoms with Gasteiger partial charge in [0.15, 0.2) is 0 Å². The number of nitrogens with zero attached hydrogens (tertiary/aromatic N) is 1. The van der Waals surface area contributed by atoms with Crippen molar-refractivity contribution in [1.82, 2.24) is 0 Å². The highest BCUT2D eigenvalue weighted by molar-refractivity contribution is 7.92. The van der Waals surface area contributed by atoms with Gasteiger partial charge in [-0.2, -0.15) is 0 Å². The number of halogens is 1. The molecular formula is C25H24FNO4S. The Hall–Kier alpha value is -3.19. The number of phenolic OH excluding ortho intramolecular Hbond substituents is 1. The van der Waals surface area contributed by atoms with Gasteiger partial charge in [0.05, 0.1) is 10.6 Å². The lowest BCUT2D eigenvalue weighted by Gasteiger charge is -2.31. The Labute approximate surface area is 187 Å². The van der Waals surface area contributed by atoms with Crippen LogP contribution in [0.5, 0.6) is 5.75 Å². The van der Waals surface area contributed by atoms with Crippen molar-refractivity contribution >= 4 is 21.5 Å². The van der Waals surface area contributed by atoms with Crippen LogP contribution in [0.3, 0.4) is 0 Å². The zero-order valence-corrected chi connectivity index (χ0v) is 18.5. The summed E-state index contributed by atoms with van der Waals surface area (Å²) in [7, 11) is -3.84. The van der Waals surface area contributed by atoms with Crippen LogP contribution in [-0.2, 0) is 27.7 Å². The Balaban J connectivity index is 1.61. The zero-order chi connectivity index (χ0) is 22.9. The first-order valence-corrected chi connectivity index (χ1v) is 11.9. The van der Waals surface area contributed by atoms with Crippen LogP contribution in [-0.4, -0.2) is 25.9 Å². The minimum absolute atomic E-state index is 0.000564. The van der Waals surface area contributed by atoms with Gasteiger partial charge in [0, 0.05) is 18.9 Å². The number of aromatic hydroxyl groups is 1. The smallest absolute Gasteiger partial charge is 0.264 e. The van der Waals surface area contributed by atoms with Crippen molar-refractivity contribution in [3.63, 3.8) is 0 Å². The Bertz CT molecular complexity index is 1240. The van der Waals surface area contributed by atoms with E-state index in [1.165, 1.54) is 16.4 Å². The van der Waals surface area contributed by atoms with Crippen LogP contribution in [0.2, 0.25) is 0 Å². The molecule has 5 nitrogen and oxygen atoms in total. The molecule has 1 aliphatic heterocycles. The van der Waals surface area contributed by atoms with E-state index in [-0.39, 0.29) is 28.8 Å². The van der Waals surface area contributed by atoms with Crippen LogP contribution in [0.1, 0.15) is 36.0 Å². The summed E-state index contributed by atoms with van der Waals surface area (Å²) >= 11 is 0. The van der Waals surface area contributed by atoms with Gasteiger partial charge in [0.1, 0.15) is 17.3 Å². The number of aryl methyl sites for hydroxylation is 1. The van der Waals surface area contributed by atoms with Gasteiger partial charge < -0.3 is 5.11 Å². The van der Waals surface area contributed by atoms with Crippen molar-refractivity contribution in [1.29, 1.82) is 0 Å². The summed E-state index contributed by atoms with van der Waals surface area (Å²) in [5.41, 5.74) is 3.03. The molecule has 1 N–H and O–H groups in total. The molecule has 7 heteroatoms. The minimum atomic E-state index is -3.84. The molecule has 0 radical (unpaired) electrons. The molecule has 0 saturated heterocycles. The summed E-state index contributed by atoms with van der Waals surface area (Å²) in [4.78, 5) is 12.9. The first kappa shape index (κ1) is 22.0. The van der Waals surface area contributed by atoms with Crippen molar-refractivity contribution in [3.8, 4) is 5.75 Å². The number of phenols is 1. The molecule has 1 unspecified atom stereocenters. The average Bonchev–Trinajstić information content (AvgIpc) is 2.79. The van der Waals surface area contributed by atoms with E-state index in [2.05, 4.69) is 0 Å². The van der Waals surface area contributed by atoms with Gasteiger partial charge in [-0.15, -0.1) is 0 Å². The number of hydrogen-bond acceptors (Lipinski definition) is 4. The molecule has 0 amide bonds. The van der Waals surface area contributed by atoms with Gasteiger partial charge in [0.25, 0.3) is 10.0 Å². The molecule has 0 aliphatic carbocycles. The molecule has 3 aromatic rings. The number of ketones is 1. The summed E-state index contributed by atoms with van der Waals surface area (Å²) in [6, 6.07) is 16.9. The fourth-order valence-electron chi connectivity index (χ4n) is 3.98. The number of carbonyl (C=O) groups excluding carboxylic acids is 1. The monoisotopic (exact) mass is 453 g/mol. The van der Waals surface area contributed by atoms with E-state index in [1.807, 2.05) is 19.1 Å². The molecule has 3 aromatic carbocycles. The summed E-state index contributed by atoms with van der Waals surface area (Å²) in [6.07, 6.45) is 1.60. The van der Waals surface area contributed by atoms with Gasteiger partial charge in [-0.05, 0) is 72.0 Å². The third kappa shape index (κ3) is 4.39. The second kappa shape index (κ2) is 8.74. The molecule has 1 aliphatic rings. The van der Waals surface area contributed by atoms with Gasteiger partial charge in [0.2, 0.25) is 0 Å². The zero-order valence-electron chi connectivity index (χ0n) is 17.7. The van der Waals surface area contributed by atoms with E-state index in [0.717, 1.165) is 35.2 Å². The van der Waals surface area contributed by atoms with E-state index < -0.39 is 15.8 Å². The Morgan fingerprint density at radius 2 is 1.75 bits per heavy atom. The molecule has 0 spiro atoms. The van der Waals surface area contributed by atoms with E-state index in [1.54, 1.807) is 30.3 Å². The van der Waals surface area contributed by atoms with E-state index in [9.17, 15) is 22.7 Å². The third-order valence-electron chi connectivity index (χ3n) is 5.88.